The number of amides is 2. The molecule has 0 aromatic carbocycles. The number of ether oxygens (including phenoxy) is 1. The van der Waals surface area contributed by atoms with Crippen LogP contribution >= 0.6 is 23.5 Å². The van der Waals surface area contributed by atoms with Gasteiger partial charge in [-0.15, -0.1) is 11.8 Å². The third kappa shape index (κ3) is 5.25. The van der Waals surface area contributed by atoms with Crippen LogP contribution in [0.2, 0.25) is 0 Å². The summed E-state index contributed by atoms with van der Waals surface area (Å²) in [7, 11) is 0. The lowest BCUT2D eigenvalue weighted by atomic mass is 10.4. The first-order valence-electron chi connectivity index (χ1n) is 6.65. The van der Waals surface area contributed by atoms with Gasteiger partial charge < -0.3 is 15.0 Å². The highest BCUT2D eigenvalue weighted by atomic mass is 32.2. The number of carbonyl (C=O) groups is 2. The number of hydrogen-bond acceptors (Lipinski definition) is 7. The van der Waals surface area contributed by atoms with Crippen molar-refractivity contribution in [2.45, 2.75) is 12.7 Å². The van der Waals surface area contributed by atoms with Crippen LogP contribution in [0.15, 0.2) is 0 Å². The van der Waals surface area contributed by atoms with Crippen molar-refractivity contribution >= 4 is 35.3 Å². The van der Waals surface area contributed by atoms with Crippen molar-refractivity contribution in [3.8, 4) is 0 Å². The molecule has 0 spiro atoms. The van der Waals surface area contributed by atoms with Gasteiger partial charge >= 0.3 is 0 Å². The van der Waals surface area contributed by atoms with Crippen LogP contribution in [0.5, 0.6) is 0 Å². The predicted octanol–water partition coefficient (Wildman–Crippen LogP) is 0.0547. The average molecular weight is 330 g/mol. The molecule has 1 aromatic heterocycles. The Kier molecular flexibility index (Phi) is 6.40. The summed E-state index contributed by atoms with van der Waals surface area (Å²) in [4.78, 5) is 25.2. The average Bonchev–Trinajstić information content (AvgIpc) is 2.91. The maximum Gasteiger partial charge on any atom is 0.242 e. The molecular weight excluding hydrogens is 312 g/mol. The van der Waals surface area contributed by atoms with Gasteiger partial charge in [-0.2, -0.15) is 8.75 Å². The summed E-state index contributed by atoms with van der Waals surface area (Å²) in [5, 5.41) is 2.65. The molecule has 0 bridgehead atoms. The topological polar surface area (TPSA) is 84.4 Å². The first-order chi connectivity index (χ1) is 10.2. The van der Waals surface area contributed by atoms with E-state index in [9.17, 15) is 9.59 Å². The van der Waals surface area contributed by atoms with Crippen LogP contribution in [0.4, 0.5) is 0 Å². The number of carbonyl (C=O) groups excluding carboxylic acids is 2. The molecule has 1 N–H and O–H groups in total. The van der Waals surface area contributed by atoms with E-state index in [2.05, 4.69) is 14.1 Å². The molecule has 2 rings (SSSR count). The van der Waals surface area contributed by atoms with Gasteiger partial charge in [-0.25, -0.2) is 0 Å². The van der Waals surface area contributed by atoms with E-state index in [1.165, 1.54) is 23.5 Å². The minimum Gasteiger partial charge on any atom is -0.378 e. The number of aryl methyl sites for hydroxylation is 1. The second-order valence-corrected chi connectivity index (χ2v) is 6.07. The Balaban J connectivity index is 1.61. The van der Waals surface area contributed by atoms with Gasteiger partial charge in [-0.3, -0.25) is 9.59 Å². The van der Waals surface area contributed by atoms with Gasteiger partial charge in [0.1, 0.15) is 0 Å². The third-order valence-electron chi connectivity index (χ3n) is 3.02. The molecule has 1 saturated heterocycles. The standard InChI is InChI=1S/C12H18N4O3S2/c1-9-10(15-21-14-9)7-20-8-11(17)13-6-12(18)16-2-4-19-5-3-16/h2-8H2,1H3,(H,13,17). The molecule has 9 heteroatoms. The maximum absolute atomic E-state index is 11.8. The molecular formula is C12H18N4O3S2. The van der Waals surface area contributed by atoms with Crippen molar-refractivity contribution in [2.75, 3.05) is 38.6 Å². The molecule has 0 radical (unpaired) electrons. The second kappa shape index (κ2) is 8.30. The smallest absolute Gasteiger partial charge is 0.242 e. The Labute approximate surface area is 131 Å². The van der Waals surface area contributed by atoms with Gasteiger partial charge in [0.25, 0.3) is 0 Å². The maximum atomic E-state index is 11.8. The van der Waals surface area contributed by atoms with E-state index in [1.807, 2.05) is 6.92 Å². The molecule has 21 heavy (non-hydrogen) atoms. The van der Waals surface area contributed by atoms with Crippen LogP contribution in [0.25, 0.3) is 0 Å². The lowest BCUT2D eigenvalue weighted by Gasteiger charge is -2.26. The Morgan fingerprint density at radius 3 is 2.81 bits per heavy atom. The summed E-state index contributed by atoms with van der Waals surface area (Å²) in [5.41, 5.74) is 1.83. The van der Waals surface area contributed by atoms with Crippen molar-refractivity contribution in [1.29, 1.82) is 0 Å². The van der Waals surface area contributed by atoms with E-state index in [0.29, 0.717) is 37.8 Å². The summed E-state index contributed by atoms with van der Waals surface area (Å²) >= 11 is 2.65. The van der Waals surface area contributed by atoms with E-state index in [4.69, 9.17) is 4.74 Å². The molecule has 0 aliphatic carbocycles. The van der Waals surface area contributed by atoms with Gasteiger partial charge in [-0.1, -0.05) is 0 Å². The van der Waals surface area contributed by atoms with Crippen molar-refractivity contribution in [3.05, 3.63) is 11.4 Å². The van der Waals surface area contributed by atoms with Crippen LogP contribution in [0, 0.1) is 6.92 Å². The number of rotatable bonds is 6. The fraction of sp³-hybridized carbons (Fsp3) is 0.667. The van der Waals surface area contributed by atoms with Crippen molar-refractivity contribution in [3.63, 3.8) is 0 Å². The molecule has 7 nitrogen and oxygen atoms in total. The fourth-order valence-corrected chi connectivity index (χ4v) is 3.27. The summed E-state index contributed by atoms with van der Waals surface area (Å²) in [6.07, 6.45) is 0. The van der Waals surface area contributed by atoms with Crippen LogP contribution in [-0.4, -0.2) is 64.1 Å². The number of thioether (sulfide) groups is 1. The molecule has 2 heterocycles. The van der Waals surface area contributed by atoms with Crippen LogP contribution in [0.3, 0.4) is 0 Å². The molecule has 1 fully saturated rings. The minimum absolute atomic E-state index is 0.0523. The number of aromatic nitrogens is 2. The SMILES string of the molecule is Cc1nsnc1CSCC(=O)NCC(=O)N1CCOCC1. The van der Waals surface area contributed by atoms with Gasteiger partial charge in [0, 0.05) is 18.8 Å². The molecule has 1 aliphatic heterocycles. The quantitative estimate of drug-likeness (QED) is 0.794. The van der Waals surface area contributed by atoms with Crippen molar-refractivity contribution < 1.29 is 14.3 Å². The van der Waals surface area contributed by atoms with Crippen molar-refractivity contribution in [1.82, 2.24) is 19.0 Å². The van der Waals surface area contributed by atoms with Gasteiger partial charge in [0.15, 0.2) is 0 Å². The molecule has 2 amide bonds. The monoisotopic (exact) mass is 330 g/mol. The first kappa shape index (κ1) is 16.2. The summed E-state index contributed by atoms with van der Waals surface area (Å²) < 4.78 is 13.4. The van der Waals surface area contributed by atoms with E-state index in [-0.39, 0.29) is 18.4 Å². The van der Waals surface area contributed by atoms with Crippen LogP contribution < -0.4 is 5.32 Å². The zero-order valence-corrected chi connectivity index (χ0v) is 13.5. The molecule has 1 aliphatic rings. The summed E-state index contributed by atoms with van der Waals surface area (Å²) in [6, 6.07) is 0. The number of nitrogens with zero attached hydrogens (tertiary/aromatic N) is 3. The first-order valence-corrected chi connectivity index (χ1v) is 8.53. The van der Waals surface area contributed by atoms with E-state index in [1.54, 1.807) is 4.90 Å². The molecule has 0 atom stereocenters. The molecule has 1 aromatic rings. The number of morpholine rings is 1. The largest absolute Gasteiger partial charge is 0.378 e. The van der Waals surface area contributed by atoms with Crippen LogP contribution in [-0.2, 0) is 20.1 Å². The summed E-state index contributed by atoms with van der Waals surface area (Å²) in [5.74, 6) is 0.777. The van der Waals surface area contributed by atoms with Gasteiger partial charge in [0.2, 0.25) is 11.8 Å². The zero-order chi connectivity index (χ0) is 15.1. The zero-order valence-electron chi connectivity index (χ0n) is 11.8. The highest BCUT2D eigenvalue weighted by Gasteiger charge is 2.17. The third-order valence-corrected chi connectivity index (χ3v) is 4.62. The van der Waals surface area contributed by atoms with Crippen LogP contribution in [0.1, 0.15) is 11.4 Å². The summed E-state index contributed by atoms with van der Waals surface area (Å²) in [6.45, 7) is 4.28. The Morgan fingerprint density at radius 2 is 2.14 bits per heavy atom. The van der Waals surface area contributed by atoms with Gasteiger partial charge in [-0.05, 0) is 6.92 Å². The van der Waals surface area contributed by atoms with Crippen molar-refractivity contribution in [2.24, 2.45) is 0 Å². The highest BCUT2D eigenvalue weighted by molar-refractivity contribution is 7.99. The molecule has 0 unspecified atom stereocenters. The predicted molar refractivity (Wildman–Crippen MR) is 81.2 cm³/mol. The highest BCUT2D eigenvalue weighted by Crippen LogP contribution is 2.13. The Bertz CT molecular complexity index is 489. The second-order valence-electron chi connectivity index (χ2n) is 4.56. The Morgan fingerprint density at radius 1 is 1.38 bits per heavy atom. The molecule has 0 saturated carbocycles. The van der Waals surface area contributed by atoms with Gasteiger partial charge in [0.05, 0.1) is 48.6 Å². The lowest BCUT2D eigenvalue weighted by Crippen LogP contribution is -2.45. The van der Waals surface area contributed by atoms with E-state index >= 15 is 0 Å². The Hall–Kier alpha value is -1.19. The fourth-order valence-electron chi connectivity index (χ4n) is 1.77. The number of nitrogens with one attached hydrogen (secondary N) is 1. The normalized spacial score (nSPS) is 15.0. The lowest BCUT2D eigenvalue weighted by molar-refractivity contribution is -0.135. The minimum atomic E-state index is -0.137. The van der Waals surface area contributed by atoms with E-state index in [0.717, 1.165) is 11.4 Å². The molecule has 116 valence electrons. The van der Waals surface area contributed by atoms with E-state index < -0.39 is 0 Å². The number of hydrogen-bond donors (Lipinski definition) is 1.